The highest BCUT2D eigenvalue weighted by atomic mass is 32.3. The van der Waals surface area contributed by atoms with Gasteiger partial charge in [-0.25, -0.2) is 9.59 Å². The van der Waals surface area contributed by atoms with Gasteiger partial charge in [0.25, 0.3) is 11.6 Å². The molecule has 1 unspecified atom stereocenters. The monoisotopic (exact) mass is 659 g/mol. The Morgan fingerprint density at radius 3 is 2.41 bits per heavy atom. The van der Waals surface area contributed by atoms with Gasteiger partial charge in [-0.1, -0.05) is 12.1 Å². The van der Waals surface area contributed by atoms with Gasteiger partial charge < -0.3 is 39.7 Å². The molecular formula is C25H29N3O14S2. The van der Waals surface area contributed by atoms with E-state index in [9.17, 15) is 37.5 Å². The lowest BCUT2D eigenvalue weighted by Gasteiger charge is -2.55. The van der Waals surface area contributed by atoms with Gasteiger partial charge in [0.15, 0.2) is 0 Å². The predicted molar refractivity (Wildman–Crippen MR) is 150 cm³/mol. The topological polar surface area (TPSA) is 258 Å². The molecule has 1 aromatic carbocycles. The van der Waals surface area contributed by atoms with Gasteiger partial charge in [-0.15, -0.1) is 11.8 Å². The van der Waals surface area contributed by atoms with E-state index in [-0.39, 0.29) is 42.1 Å². The van der Waals surface area contributed by atoms with Crippen molar-refractivity contribution in [3.63, 3.8) is 0 Å². The fourth-order valence-electron chi connectivity index (χ4n) is 4.25. The lowest BCUT2D eigenvalue weighted by molar-refractivity contribution is -0.192. The maximum absolute atomic E-state index is 13.2. The first-order chi connectivity index (χ1) is 20.6. The zero-order valence-corrected chi connectivity index (χ0v) is 24.9. The van der Waals surface area contributed by atoms with Crippen LogP contribution in [0.15, 0.2) is 41.3 Å². The van der Waals surface area contributed by atoms with Crippen molar-refractivity contribution in [2.75, 3.05) is 26.6 Å². The first-order valence-corrected chi connectivity index (χ1v) is 15.0. The maximum atomic E-state index is 13.2. The number of carboxylic acid groups (broad SMARTS) is 2. The largest absolute Gasteiger partial charge is 0.490 e. The lowest BCUT2D eigenvalue weighted by atomic mass is 9.97. The highest BCUT2D eigenvalue weighted by Crippen LogP contribution is 2.46. The summed E-state index contributed by atoms with van der Waals surface area (Å²) in [7, 11) is -2.36. The predicted octanol–water partition coefficient (Wildman–Crippen LogP) is -0.306. The molecular weight excluding hydrogens is 630 g/mol. The van der Waals surface area contributed by atoms with Gasteiger partial charge >= 0.3 is 28.3 Å². The molecule has 44 heavy (non-hydrogen) atoms. The number of carbonyl (C=O) groups is 5. The molecule has 0 spiro atoms. The molecule has 19 heteroatoms. The van der Waals surface area contributed by atoms with E-state index in [1.807, 2.05) is 0 Å². The summed E-state index contributed by atoms with van der Waals surface area (Å²) in [4.78, 5) is 62.4. The van der Waals surface area contributed by atoms with Crippen LogP contribution in [-0.2, 0) is 48.6 Å². The standard InChI is InChI=1S/C25H29N3O14S2/c1-39-17(10-13-6-8-15(9-7-13)42-44(36,37)38)22(34)41-11-14-12-43-24-25(40-2,23(35)28(24)19(14)21(32)33)27-18(29)5-3-4-16(26)20(30)31/h6-10,16,24H,3-5,11-12,26H2,1-2H3,(H,27,29)(H,30,31)(H,32,33)(H,36,37,38)/t16?,24-,25-/m0/s1. The van der Waals surface area contributed by atoms with Crippen molar-refractivity contribution in [2.45, 2.75) is 36.4 Å². The number of esters is 1. The van der Waals surface area contributed by atoms with Crippen molar-refractivity contribution in [1.29, 1.82) is 0 Å². The summed E-state index contributed by atoms with van der Waals surface area (Å²) < 4.78 is 50.4. The van der Waals surface area contributed by atoms with Crippen molar-refractivity contribution in [1.82, 2.24) is 10.2 Å². The minimum absolute atomic E-state index is 0.0148. The number of methoxy groups -OCH3 is 2. The molecule has 2 aliphatic rings. The van der Waals surface area contributed by atoms with Crippen LogP contribution in [0.1, 0.15) is 24.8 Å². The van der Waals surface area contributed by atoms with Gasteiger partial charge in [0.1, 0.15) is 29.5 Å². The van der Waals surface area contributed by atoms with Gasteiger partial charge in [-0.2, -0.15) is 8.42 Å². The third-order valence-corrected chi connectivity index (χ3v) is 8.15. The van der Waals surface area contributed by atoms with Gasteiger partial charge in [-0.3, -0.25) is 23.8 Å². The number of aliphatic carboxylic acids is 2. The first kappa shape index (κ1) is 34.3. The van der Waals surface area contributed by atoms with Crippen LogP contribution in [0.3, 0.4) is 0 Å². The van der Waals surface area contributed by atoms with Gasteiger partial charge in [0.2, 0.25) is 11.7 Å². The van der Waals surface area contributed by atoms with E-state index in [1.54, 1.807) is 0 Å². The minimum atomic E-state index is -4.72. The van der Waals surface area contributed by atoms with E-state index in [0.29, 0.717) is 5.56 Å². The fourth-order valence-corrected chi connectivity index (χ4v) is 6.02. The molecule has 3 atom stereocenters. The molecule has 0 bridgehead atoms. The Bertz CT molecular complexity index is 1490. The Hall–Kier alpha value is -4.17. The number of carboxylic acids is 2. The highest BCUT2D eigenvalue weighted by molar-refractivity contribution is 8.00. The fraction of sp³-hybridized carbons (Fsp3) is 0.400. The van der Waals surface area contributed by atoms with Crippen LogP contribution < -0.4 is 15.2 Å². The number of benzene rings is 1. The number of amides is 2. The average Bonchev–Trinajstić information content (AvgIpc) is 2.96. The smallest absolute Gasteiger partial charge is 0.446 e. The molecule has 2 heterocycles. The third kappa shape index (κ3) is 7.85. The van der Waals surface area contributed by atoms with E-state index in [1.165, 1.54) is 44.6 Å². The Kier molecular flexibility index (Phi) is 11.0. The zero-order valence-electron chi connectivity index (χ0n) is 23.3. The molecule has 1 aromatic rings. The molecule has 2 aliphatic heterocycles. The first-order valence-electron chi connectivity index (χ1n) is 12.6. The van der Waals surface area contributed by atoms with Gasteiger partial charge in [0, 0.05) is 24.9 Å². The van der Waals surface area contributed by atoms with Crippen LogP contribution in [0.25, 0.3) is 6.08 Å². The highest BCUT2D eigenvalue weighted by Gasteiger charge is 2.66. The normalized spacial score (nSPS) is 20.6. The second-order valence-electron chi connectivity index (χ2n) is 9.29. The van der Waals surface area contributed by atoms with Crippen LogP contribution in [0, 0.1) is 0 Å². The summed E-state index contributed by atoms with van der Waals surface area (Å²) in [5.41, 5.74) is 3.56. The summed E-state index contributed by atoms with van der Waals surface area (Å²) in [5.74, 6) is -5.67. The number of β-lactam (4-membered cyclic amide) rings is 1. The summed E-state index contributed by atoms with van der Waals surface area (Å²) in [6.07, 6.45) is 1.24. The molecule has 0 radical (unpaired) electrons. The second-order valence-corrected chi connectivity index (χ2v) is 11.4. The number of rotatable bonds is 15. The summed E-state index contributed by atoms with van der Waals surface area (Å²) in [5, 5.41) is 20.3. The molecule has 1 saturated heterocycles. The second kappa shape index (κ2) is 14.1. The summed E-state index contributed by atoms with van der Waals surface area (Å²) in [6.45, 7) is -0.526. The minimum Gasteiger partial charge on any atom is -0.490 e. The van der Waals surface area contributed by atoms with Crippen LogP contribution in [0.5, 0.6) is 5.75 Å². The third-order valence-electron chi connectivity index (χ3n) is 6.37. The molecule has 6 N–H and O–H groups in total. The molecule has 0 saturated carbocycles. The molecule has 2 amide bonds. The van der Waals surface area contributed by atoms with Crippen LogP contribution in [0.4, 0.5) is 0 Å². The van der Waals surface area contributed by atoms with E-state index in [0.717, 1.165) is 16.7 Å². The summed E-state index contributed by atoms with van der Waals surface area (Å²) >= 11 is 1.06. The summed E-state index contributed by atoms with van der Waals surface area (Å²) in [6, 6.07) is 3.98. The zero-order chi connectivity index (χ0) is 32.8. The van der Waals surface area contributed by atoms with E-state index >= 15 is 0 Å². The van der Waals surface area contributed by atoms with E-state index < -0.39 is 69.6 Å². The Balaban J connectivity index is 1.69. The maximum Gasteiger partial charge on any atom is 0.446 e. The number of ether oxygens (including phenoxy) is 3. The number of fused-ring (bicyclic) bond motifs is 1. The number of nitrogens with one attached hydrogen (secondary N) is 1. The van der Waals surface area contributed by atoms with Crippen molar-refractivity contribution >= 4 is 58.0 Å². The molecule has 240 valence electrons. The Morgan fingerprint density at radius 2 is 1.86 bits per heavy atom. The number of hydrogen-bond donors (Lipinski definition) is 5. The van der Waals surface area contributed by atoms with Gasteiger partial charge in [-0.05, 0) is 36.6 Å². The molecule has 3 rings (SSSR count). The Labute approximate surface area is 254 Å². The average molecular weight is 660 g/mol. The van der Waals surface area contributed by atoms with E-state index in [2.05, 4.69) is 9.50 Å². The van der Waals surface area contributed by atoms with Crippen molar-refractivity contribution in [3.8, 4) is 5.75 Å². The Morgan fingerprint density at radius 1 is 1.20 bits per heavy atom. The van der Waals surface area contributed by atoms with Gasteiger partial charge in [0.05, 0.1) is 7.11 Å². The number of carbonyl (C=O) groups excluding carboxylic acids is 3. The molecule has 17 nitrogen and oxygen atoms in total. The molecule has 1 fully saturated rings. The number of hydrogen-bond acceptors (Lipinski definition) is 13. The van der Waals surface area contributed by atoms with Crippen LogP contribution >= 0.6 is 11.8 Å². The van der Waals surface area contributed by atoms with Crippen molar-refractivity contribution < 1.29 is 65.5 Å². The van der Waals surface area contributed by atoms with Crippen LogP contribution in [-0.4, -0.2) is 102 Å². The molecule has 0 aromatic heterocycles. The number of nitrogens with two attached hydrogens (primary N) is 1. The van der Waals surface area contributed by atoms with Crippen LogP contribution in [0.2, 0.25) is 0 Å². The van der Waals surface area contributed by atoms with E-state index in [4.69, 9.17) is 29.6 Å². The lowest BCUT2D eigenvalue weighted by Crippen LogP contribution is -2.80. The number of thioether (sulfide) groups is 1. The van der Waals surface area contributed by atoms with Crippen molar-refractivity contribution in [3.05, 3.63) is 46.9 Å². The van der Waals surface area contributed by atoms with Crippen molar-refractivity contribution in [2.24, 2.45) is 5.73 Å². The molecule has 0 aliphatic carbocycles. The SMILES string of the molecule is COC(=Cc1ccc(OS(=O)(=O)O)cc1)C(=O)OCC1=C(C(=O)O)N2C(=O)[C@](NC(=O)CCCC(N)C(=O)O)(OC)[C@@H]2SC1. The quantitative estimate of drug-likeness (QED) is 0.0404. The number of nitrogens with zero attached hydrogens (tertiary/aromatic N) is 1.